The van der Waals surface area contributed by atoms with Crippen LogP contribution >= 0.6 is 0 Å². The van der Waals surface area contributed by atoms with Crippen LogP contribution in [0.5, 0.6) is 0 Å². The highest BCUT2D eigenvalue weighted by Gasteiger charge is 2.25. The van der Waals surface area contributed by atoms with Gasteiger partial charge in [-0.05, 0) is 50.0 Å². The predicted molar refractivity (Wildman–Crippen MR) is 67.8 cm³/mol. The molecule has 2 nitrogen and oxygen atoms in total. The molecule has 0 bridgehead atoms. The number of benzene rings is 1. The van der Waals surface area contributed by atoms with Crippen molar-refractivity contribution in [2.75, 3.05) is 0 Å². The minimum absolute atomic E-state index is 0.0806. The third-order valence-electron chi connectivity index (χ3n) is 3.88. The fourth-order valence-electron chi connectivity index (χ4n) is 2.71. The Labute approximate surface area is 103 Å². The van der Waals surface area contributed by atoms with Crippen molar-refractivity contribution in [3.05, 3.63) is 35.9 Å². The molecule has 0 spiro atoms. The van der Waals surface area contributed by atoms with E-state index in [1.165, 1.54) is 12.0 Å². The van der Waals surface area contributed by atoms with Gasteiger partial charge in [0.1, 0.15) is 0 Å². The minimum Gasteiger partial charge on any atom is -0.481 e. The Morgan fingerprint density at radius 3 is 2.35 bits per heavy atom. The second-order valence-corrected chi connectivity index (χ2v) is 5.08. The number of hydrogen-bond acceptors (Lipinski definition) is 1. The quantitative estimate of drug-likeness (QED) is 0.862. The van der Waals surface area contributed by atoms with Crippen molar-refractivity contribution in [3.8, 4) is 0 Å². The maximum atomic E-state index is 10.8. The molecule has 1 N–H and O–H groups in total. The van der Waals surface area contributed by atoms with E-state index in [1.54, 1.807) is 0 Å². The van der Waals surface area contributed by atoms with Crippen LogP contribution in [-0.4, -0.2) is 11.1 Å². The SMILES string of the molecule is O=C(O)C1CCC(CCc2ccccc2)CC1. The lowest BCUT2D eigenvalue weighted by Gasteiger charge is -2.25. The molecule has 1 aromatic carbocycles. The Kier molecular flexibility index (Phi) is 4.18. The second kappa shape index (κ2) is 5.85. The first-order valence-corrected chi connectivity index (χ1v) is 6.52. The van der Waals surface area contributed by atoms with Crippen LogP contribution in [0.2, 0.25) is 0 Å². The molecule has 2 rings (SSSR count). The van der Waals surface area contributed by atoms with Crippen molar-refractivity contribution >= 4 is 5.97 Å². The number of hydrogen-bond donors (Lipinski definition) is 1. The highest BCUT2D eigenvalue weighted by molar-refractivity contribution is 5.69. The number of rotatable bonds is 4. The first kappa shape index (κ1) is 12.2. The summed E-state index contributed by atoms with van der Waals surface area (Å²) in [6.07, 6.45) is 6.25. The van der Waals surface area contributed by atoms with Gasteiger partial charge in [-0.2, -0.15) is 0 Å². The molecular formula is C15H20O2. The molecule has 1 saturated carbocycles. The average Bonchev–Trinajstić information content (AvgIpc) is 2.38. The molecule has 0 atom stereocenters. The van der Waals surface area contributed by atoms with Crippen LogP contribution in [0, 0.1) is 11.8 Å². The first-order chi connectivity index (χ1) is 8.25. The Bertz CT molecular complexity index is 350. The summed E-state index contributed by atoms with van der Waals surface area (Å²) < 4.78 is 0. The van der Waals surface area contributed by atoms with Crippen LogP contribution in [-0.2, 0) is 11.2 Å². The average molecular weight is 232 g/mol. The lowest BCUT2D eigenvalue weighted by molar-refractivity contribution is -0.143. The highest BCUT2D eigenvalue weighted by Crippen LogP contribution is 2.31. The van der Waals surface area contributed by atoms with Crippen LogP contribution in [0.4, 0.5) is 0 Å². The molecule has 2 heteroatoms. The van der Waals surface area contributed by atoms with Gasteiger partial charge in [0, 0.05) is 0 Å². The molecular weight excluding hydrogens is 212 g/mol. The highest BCUT2D eigenvalue weighted by atomic mass is 16.4. The smallest absolute Gasteiger partial charge is 0.306 e. The summed E-state index contributed by atoms with van der Waals surface area (Å²) in [6.45, 7) is 0. The lowest BCUT2D eigenvalue weighted by Crippen LogP contribution is -2.21. The maximum Gasteiger partial charge on any atom is 0.306 e. The molecule has 17 heavy (non-hydrogen) atoms. The maximum absolute atomic E-state index is 10.8. The summed E-state index contributed by atoms with van der Waals surface area (Å²) in [7, 11) is 0. The van der Waals surface area contributed by atoms with E-state index in [-0.39, 0.29) is 5.92 Å². The topological polar surface area (TPSA) is 37.3 Å². The number of carboxylic acids is 1. The Morgan fingerprint density at radius 2 is 1.76 bits per heavy atom. The molecule has 0 aromatic heterocycles. The first-order valence-electron chi connectivity index (χ1n) is 6.52. The molecule has 1 aliphatic rings. The van der Waals surface area contributed by atoms with E-state index in [2.05, 4.69) is 24.3 Å². The number of carbonyl (C=O) groups is 1. The van der Waals surface area contributed by atoms with Gasteiger partial charge < -0.3 is 5.11 Å². The fourth-order valence-corrected chi connectivity index (χ4v) is 2.71. The van der Waals surface area contributed by atoms with Gasteiger partial charge in [-0.1, -0.05) is 30.3 Å². The second-order valence-electron chi connectivity index (χ2n) is 5.08. The molecule has 1 aromatic rings. The Hall–Kier alpha value is -1.31. The summed E-state index contributed by atoms with van der Waals surface area (Å²) in [5, 5.41) is 8.93. The van der Waals surface area contributed by atoms with E-state index in [9.17, 15) is 4.79 Å². The monoisotopic (exact) mass is 232 g/mol. The van der Waals surface area contributed by atoms with E-state index >= 15 is 0 Å². The summed E-state index contributed by atoms with van der Waals surface area (Å²) in [5.41, 5.74) is 1.40. The molecule has 92 valence electrons. The molecule has 0 amide bonds. The van der Waals surface area contributed by atoms with Crippen LogP contribution < -0.4 is 0 Å². The van der Waals surface area contributed by atoms with Crippen LogP contribution in [0.25, 0.3) is 0 Å². The van der Waals surface area contributed by atoms with Crippen molar-refractivity contribution in [1.82, 2.24) is 0 Å². The summed E-state index contributed by atoms with van der Waals surface area (Å²) >= 11 is 0. The van der Waals surface area contributed by atoms with E-state index in [1.807, 2.05) is 6.07 Å². The molecule has 1 fully saturated rings. The molecule has 0 heterocycles. The molecule has 0 unspecified atom stereocenters. The summed E-state index contributed by atoms with van der Waals surface area (Å²) in [4.78, 5) is 10.8. The molecule has 0 saturated heterocycles. The zero-order valence-corrected chi connectivity index (χ0v) is 10.1. The largest absolute Gasteiger partial charge is 0.481 e. The summed E-state index contributed by atoms with van der Waals surface area (Å²) in [5.74, 6) is 0.0419. The number of carboxylic acid groups (broad SMARTS) is 1. The van der Waals surface area contributed by atoms with Crippen LogP contribution in [0.15, 0.2) is 30.3 Å². The van der Waals surface area contributed by atoms with Gasteiger partial charge in [-0.15, -0.1) is 0 Å². The molecule has 1 aliphatic carbocycles. The zero-order chi connectivity index (χ0) is 12.1. The number of aliphatic carboxylic acids is 1. The van der Waals surface area contributed by atoms with E-state index in [0.29, 0.717) is 0 Å². The molecule has 0 aliphatic heterocycles. The molecule has 0 radical (unpaired) electrons. The van der Waals surface area contributed by atoms with Gasteiger partial charge in [0.05, 0.1) is 5.92 Å². The van der Waals surface area contributed by atoms with Gasteiger partial charge in [0.2, 0.25) is 0 Å². The van der Waals surface area contributed by atoms with Gasteiger partial charge >= 0.3 is 5.97 Å². The van der Waals surface area contributed by atoms with E-state index < -0.39 is 5.97 Å². The summed E-state index contributed by atoms with van der Waals surface area (Å²) in [6, 6.07) is 10.5. The minimum atomic E-state index is -0.605. The van der Waals surface area contributed by atoms with Crippen molar-refractivity contribution in [2.24, 2.45) is 11.8 Å². The standard InChI is InChI=1S/C15H20O2/c16-15(17)14-10-8-13(9-11-14)7-6-12-4-2-1-3-5-12/h1-5,13-14H,6-11H2,(H,16,17). The predicted octanol–water partition coefficient (Wildman–Crippen LogP) is 3.51. The van der Waals surface area contributed by atoms with Crippen molar-refractivity contribution in [2.45, 2.75) is 38.5 Å². The lowest BCUT2D eigenvalue weighted by atomic mass is 9.79. The normalized spacial score (nSPS) is 24.5. The van der Waals surface area contributed by atoms with E-state index in [4.69, 9.17) is 5.11 Å². The van der Waals surface area contributed by atoms with Crippen molar-refractivity contribution in [3.63, 3.8) is 0 Å². The van der Waals surface area contributed by atoms with Gasteiger partial charge in [0.15, 0.2) is 0 Å². The fraction of sp³-hybridized carbons (Fsp3) is 0.533. The Balaban J connectivity index is 1.74. The van der Waals surface area contributed by atoms with Gasteiger partial charge in [-0.25, -0.2) is 0 Å². The van der Waals surface area contributed by atoms with Crippen molar-refractivity contribution < 1.29 is 9.90 Å². The van der Waals surface area contributed by atoms with Gasteiger partial charge in [0.25, 0.3) is 0 Å². The Morgan fingerprint density at radius 1 is 1.12 bits per heavy atom. The number of aryl methyl sites for hydroxylation is 1. The zero-order valence-electron chi connectivity index (χ0n) is 10.1. The third kappa shape index (κ3) is 3.58. The van der Waals surface area contributed by atoms with Crippen LogP contribution in [0.3, 0.4) is 0 Å². The van der Waals surface area contributed by atoms with Crippen molar-refractivity contribution in [1.29, 1.82) is 0 Å². The van der Waals surface area contributed by atoms with E-state index in [0.717, 1.165) is 38.0 Å². The van der Waals surface area contributed by atoms with Gasteiger partial charge in [-0.3, -0.25) is 4.79 Å². The van der Waals surface area contributed by atoms with Crippen LogP contribution in [0.1, 0.15) is 37.7 Å². The third-order valence-corrected chi connectivity index (χ3v) is 3.88.